The molecule has 1 aliphatic rings. The van der Waals surface area contributed by atoms with Gasteiger partial charge in [0.15, 0.2) is 5.82 Å². The Labute approximate surface area is 186 Å². The quantitative estimate of drug-likeness (QED) is 0.446. The van der Waals surface area contributed by atoms with Gasteiger partial charge in [0.05, 0.1) is 17.9 Å². The van der Waals surface area contributed by atoms with Crippen LogP contribution in [0.1, 0.15) is 24.0 Å². The Morgan fingerprint density at radius 3 is 2.35 bits per heavy atom. The SMILES string of the molecule is CCOC(=O)C1C(CBr)=Nc2c(c(=O)[nH]c(=O)n2-c2ccccc2)C1c1ccccc1. The van der Waals surface area contributed by atoms with E-state index in [0.717, 1.165) is 5.56 Å². The minimum atomic E-state index is -0.794. The van der Waals surface area contributed by atoms with Crippen molar-refractivity contribution in [1.29, 1.82) is 0 Å². The standard InChI is InChI=1S/C23H20BrN3O4/c1-2-31-22(29)18-16(13-24)25-20-19(17(18)14-9-5-3-6-10-14)21(28)26-23(30)27(20)15-11-7-4-8-12-15/h3-12,17-18H,2,13H2,1H3,(H,26,28,30). The van der Waals surface area contributed by atoms with E-state index in [1.165, 1.54) is 4.57 Å². The molecule has 2 heterocycles. The largest absolute Gasteiger partial charge is 0.465 e. The number of carbonyl (C=O) groups is 1. The van der Waals surface area contributed by atoms with Gasteiger partial charge in [-0.25, -0.2) is 14.4 Å². The first kappa shape index (κ1) is 21.0. The molecule has 3 aromatic rings. The number of alkyl halides is 1. The van der Waals surface area contributed by atoms with Crippen molar-refractivity contribution in [3.8, 4) is 5.69 Å². The Kier molecular flexibility index (Phi) is 5.99. The molecule has 31 heavy (non-hydrogen) atoms. The van der Waals surface area contributed by atoms with Gasteiger partial charge in [-0.2, -0.15) is 0 Å². The van der Waals surface area contributed by atoms with Crippen LogP contribution < -0.4 is 11.2 Å². The van der Waals surface area contributed by atoms with Gasteiger partial charge >= 0.3 is 11.7 Å². The molecular formula is C23H20BrN3O4. The van der Waals surface area contributed by atoms with Crippen molar-refractivity contribution in [3.63, 3.8) is 0 Å². The number of fused-ring (bicyclic) bond motifs is 1. The Morgan fingerprint density at radius 2 is 1.74 bits per heavy atom. The van der Waals surface area contributed by atoms with Crippen molar-refractivity contribution in [2.24, 2.45) is 10.9 Å². The molecule has 158 valence electrons. The number of aromatic nitrogens is 2. The van der Waals surface area contributed by atoms with Crippen molar-refractivity contribution in [2.75, 3.05) is 11.9 Å². The molecule has 1 aromatic heterocycles. The zero-order chi connectivity index (χ0) is 22.0. The molecule has 0 aliphatic carbocycles. The molecule has 0 bridgehead atoms. The van der Waals surface area contributed by atoms with Crippen LogP contribution in [0, 0.1) is 5.92 Å². The lowest BCUT2D eigenvalue weighted by atomic mass is 9.77. The summed E-state index contributed by atoms with van der Waals surface area (Å²) in [5, 5.41) is 0.287. The van der Waals surface area contributed by atoms with Gasteiger partial charge in [0.2, 0.25) is 0 Å². The van der Waals surface area contributed by atoms with Crippen molar-refractivity contribution in [3.05, 3.63) is 92.6 Å². The summed E-state index contributed by atoms with van der Waals surface area (Å²) in [5.41, 5.74) is 0.937. The van der Waals surface area contributed by atoms with Gasteiger partial charge in [-0.15, -0.1) is 0 Å². The number of aliphatic imine (C=N–C) groups is 1. The van der Waals surface area contributed by atoms with Crippen molar-refractivity contribution >= 4 is 33.4 Å². The number of ether oxygens (including phenoxy) is 1. The number of carbonyl (C=O) groups excluding carboxylic acids is 1. The first-order chi connectivity index (χ1) is 15.1. The highest BCUT2D eigenvalue weighted by atomic mass is 79.9. The van der Waals surface area contributed by atoms with Gasteiger partial charge in [-0.1, -0.05) is 64.5 Å². The molecule has 0 saturated heterocycles. The molecule has 0 saturated carbocycles. The number of para-hydroxylation sites is 1. The summed E-state index contributed by atoms with van der Waals surface area (Å²) >= 11 is 3.43. The summed E-state index contributed by atoms with van der Waals surface area (Å²) in [7, 11) is 0. The molecule has 2 atom stereocenters. The summed E-state index contributed by atoms with van der Waals surface area (Å²) in [4.78, 5) is 45.9. The number of nitrogens with one attached hydrogen (secondary N) is 1. The van der Waals surface area contributed by atoms with Gasteiger partial charge in [-0.3, -0.25) is 14.6 Å². The van der Waals surface area contributed by atoms with E-state index in [1.54, 1.807) is 31.2 Å². The highest BCUT2D eigenvalue weighted by Crippen LogP contribution is 2.41. The van der Waals surface area contributed by atoms with E-state index in [2.05, 4.69) is 25.9 Å². The average molecular weight is 482 g/mol. The number of hydrogen-bond donors (Lipinski definition) is 1. The second-order valence-corrected chi connectivity index (χ2v) is 7.58. The van der Waals surface area contributed by atoms with Crippen LogP contribution in [0.2, 0.25) is 0 Å². The lowest BCUT2D eigenvalue weighted by Crippen LogP contribution is -2.41. The number of H-pyrrole nitrogens is 1. The Balaban J connectivity index is 2.08. The van der Waals surface area contributed by atoms with E-state index in [1.807, 2.05) is 36.4 Å². The molecule has 1 N–H and O–H groups in total. The molecule has 0 spiro atoms. The zero-order valence-electron chi connectivity index (χ0n) is 16.7. The van der Waals surface area contributed by atoms with Crippen LogP contribution in [-0.4, -0.2) is 33.2 Å². The minimum Gasteiger partial charge on any atom is -0.465 e. The molecule has 0 radical (unpaired) electrons. The molecule has 7 nitrogen and oxygen atoms in total. The third-order valence-electron chi connectivity index (χ3n) is 5.22. The van der Waals surface area contributed by atoms with E-state index < -0.39 is 29.1 Å². The van der Waals surface area contributed by atoms with Crippen LogP contribution >= 0.6 is 15.9 Å². The second-order valence-electron chi connectivity index (χ2n) is 7.02. The summed E-state index contributed by atoms with van der Waals surface area (Å²) in [5.74, 6) is -1.68. The number of hydrogen-bond acceptors (Lipinski definition) is 5. The molecule has 2 aromatic carbocycles. The van der Waals surface area contributed by atoms with Gasteiger partial charge in [0.25, 0.3) is 5.56 Å². The van der Waals surface area contributed by atoms with Crippen LogP contribution in [0.15, 0.2) is 75.2 Å². The lowest BCUT2D eigenvalue weighted by Gasteiger charge is -2.31. The van der Waals surface area contributed by atoms with E-state index in [4.69, 9.17) is 4.74 Å². The minimum absolute atomic E-state index is 0.207. The maximum absolute atomic E-state index is 13.1. The summed E-state index contributed by atoms with van der Waals surface area (Å²) in [6.45, 7) is 1.94. The van der Waals surface area contributed by atoms with Crippen LogP contribution in [0.3, 0.4) is 0 Å². The van der Waals surface area contributed by atoms with Gasteiger partial charge < -0.3 is 4.74 Å². The van der Waals surface area contributed by atoms with E-state index in [-0.39, 0.29) is 23.3 Å². The Morgan fingerprint density at radius 1 is 1.10 bits per heavy atom. The highest BCUT2D eigenvalue weighted by molar-refractivity contribution is 9.09. The molecular weight excluding hydrogens is 462 g/mol. The normalized spacial score (nSPS) is 17.5. The highest BCUT2D eigenvalue weighted by Gasteiger charge is 2.42. The second kappa shape index (κ2) is 8.85. The van der Waals surface area contributed by atoms with Gasteiger partial charge in [0, 0.05) is 17.0 Å². The maximum Gasteiger partial charge on any atom is 0.334 e. The number of benzene rings is 2. The molecule has 2 unspecified atom stereocenters. The molecule has 0 fully saturated rings. The lowest BCUT2D eigenvalue weighted by molar-refractivity contribution is -0.146. The zero-order valence-corrected chi connectivity index (χ0v) is 18.3. The Bertz CT molecular complexity index is 1250. The van der Waals surface area contributed by atoms with Crippen LogP contribution in [0.4, 0.5) is 5.82 Å². The summed E-state index contributed by atoms with van der Waals surface area (Å²) in [6.07, 6.45) is 0. The van der Waals surface area contributed by atoms with Crippen molar-refractivity contribution in [2.45, 2.75) is 12.8 Å². The fourth-order valence-corrected chi connectivity index (χ4v) is 4.42. The van der Waals surface area contributed by atoms with Gasteiger partial charge in [-0.05, 0) is 24.6 Å². The van der Waals surface area contributed by atoms with Crippen LogP contribution in [0.5, 0.6) is 0 Å². The smallest absolute Gasteiger partial charge is 0.334 e. The fraction of sp³-hybridized carbons (Fsp3) is 0.217. The summed E-state index contributed by atoms with van der Waals surface area (Å²) < 4.78 is 6.71. The number of halogens is 1. The fourth-order valence-electron chi connectivity index (χ4n) is 3.95. The molecule has 1 aliphatic heterocycles. The first-order valence-corrected chi connectivity index (χ1v) is 11.0. The third kappa shape index (κ3) is 3.79. The number of nitrogens with zero attached hydrogens (tertiary/aromatic N) is 2. The van der Waals surface area contributed by atoms with E-state index in [0.29, 0.717) is 11.4 Å². The number of rotatable bonds is 5. The molecule has 0 amide bonds. The first-order valence-electron chi connectivity index (χ1n) is 9.86. The molecule has 8 heteroatoms. The third-order valence-corrected chi connectivity index (χ3v) is 5.80. The van der Waals surface area contributed by atoms with Gasteiger partial charge in [0.1, 0.15) is 5.92 Å². The van der Waals surface area contributed by atoms with Crippen LogP contribution in [0.25, 0.3) is 5.69 Å². The predicted molar refractivity (Wildman–Crippen MR) is 122 cm³/mol. The average Bonchev–Trinajstić information content (AvgIpc) is 2.79. The number of esters is 1. The topological polar surface area (TPSA) is 93.5 Å². The monoisotopic (exact) mass is 481 g/mol. The van der Waals surface area contributed by atoms with E-state index >= 15 is 0 Å². The Hall–Kier alpha value is -3.26. The molecule has 4 rings (SSSR count). The van der Waals surface area contributed by atoms with Crippen molar-refractivity contribution in [1.82, 2.24) is 9.55 Å². The van der Waals surface area contributed by atoms with Crippen molar-refractivity contribution < 1.29 is 9.53 Å². The van der Waals surface area contributed by atoms with E-state index in [9.17, 15) is 14.4 Å². The predicted octanol–water partition coefficient (Wildman–Crippen LogP) is 3.32. The van der Waals surface area contributed by atoms with Crippen LogP contribution in [-0.2, 0) is 9.53 Å². The maximum atomic E-state index is 13.1. The number of aromatic amines is 1. The summed E-state index contributed by atoms with van der Waals surface area (Å²) in [6, 6.07) is 18.2.